The second-order valence-corrected chi connectivity index (χ2v) is 9.47. The first kappa shape index (κ1) is 21.8. The molecule has 0 bridgehead atoms. The normalized spacial score (nSPS) is 19.4. The molecule has 1 aliphatic rings. The highest BCUT2D eigenvalue weighted by Gasteiger charge is 2.48. The Hall–Kier alpha value is -2.91. The van der Waals surface area contributed by atoms with Crippen LogP contribution in [0.1, 0.15) is 38.0 Å². The number of rotatable bonds is 5. The van der Waals surface area contributed by atoms with Crippen LogP contribution in [0.2, 0.25) is 0 Å². The van der Waals surface area contributed by atoms with Gasteiger partial charge >= 0.3 is 16.4 Å². The van der Waals surface area contributed by atoms with Gasteiger partial charge in [-0.1, -0.05) is 60.7 Å². The molecule has 1 saturated heterocycles. The zero-order chi connectivity index (χ0) is 21.9. The largest absolute Gasteiger partial charge is 0.509 e. The summed E-state index contributed by atoms with van der Waals surface area (Å²) in [7, 11) is -4.11. The molecule has 1 aliphatic heterocycles. The Morgan fingerprint density at radius 1 is 1.07 bits per heavy atom. The highest BCUT2D eigenvalue weighted by Crippen LogP contribution is 2.29. The molecule has 30 heavy (non-hydrogen) atoms. The van der Waals surface area contributed by atoms with Crippen molar-refractivity contribution in [2.75, 3.05) is 0 Å². The summed E-state index contributed by atoms with van der Waals surface area (Å²) in [6.07, 6.45) is -2.19. The van der Waals surface area contributed by atoms with Gasteiger partial charge in [-0.15, -0.1) is 0 Å². The van der Waals surface area contributed by atoms with Gasteiger partial charge in [-0.25, -0.2) is 9.10 Å². The Kier molecular flexibility index (Phi) is 6.14. The fourth-order valence-corrected chi connectivity index (χ4v) is 4.34. The van der Waals surface area contributed by atoms with Gasteiger partial charge in [-0.3, -0.25) is 4.79 Å². The maximum Gasteiger partial charge on any atom is 0.509 e. The Labute approximate surface area is 176 Å². The predicted octanol–water partition coefficient (Wildman–Crippen LogP) is 2.92. The first-order valence-corrected chi connectivity index (χ1v) is 10.8. The molecule has 1 amide bonds. The van der Waals surface area contributed by atoms with Crippen LogP contribution in [-0.2, 0) is 31.0 Å². The zero-order valence-electron chi connectivity index (χ0n) is 16.9. The Bertz CT molecular complexity index is 1000. The lowest BCUT2D eigenvalue weighted by atomic mass is 10.0. The van der Waals surface area contributed by atoms with E-state index in [0.29, 0.717) is 11.1 Å². The zero-order valence-corrected chi connectivity index (χ0v) is 17.8. The van der Waals surface area contributed by atoms with Crippen LogP contribution in [-0.4, -0.2) is 36.4 Å². The van der Waals surface area contributed by atoms with E-state index in [9.17, 15) is 18.0 Å². The molecular formula is C21H24N2O6S. The number of carbonyl (C=O) groups excluding carboxylic acids is 2. The van der Waals surface area contributed by atoms with Gasteiger partial charge in [0.1, 0.15) is 11.6 Å². The van der Waals surface area contributed by atoms with Crippen molar-refractivity contribution in [2.45, 2.75) is 45.1 Å². The van der Waals surface area contributed by atoms with Crippen LogP contribution < -0.4 is 4.72 Å². The second-order valence-electron chi connectivity index (χ2n) is 7.84. The molecule has 0 saturated carbocycles. The molecule has 2 aromatic rings. The number of amides is 1. The summed E-state index contributed by atoms with van der Waals surface area (Å²) in [6, 6.07) is 15.9. The summed E-state index contributed by atoms with van der Waals surface area (Å²) in [4.78, 5) is 25.4. The fraction of sp³-hybridized carbons (Fsp3) is 0.333. The molecule has 160 valence electrons. The Morgan fingerprint density at radius 3 is 2.20 bits per heavy atom. The molecule has 0 unspecified atom stereocenters. The highest BCUT2D eigenvalue weighted by molar-refractivity contribution is 7.88. The standard InChI is InChI=1S/C21H24N2O6S/c1-21(2,3)29-20(25)28-18(16-12-8-5-9-13-16)17-19(24)23(30(26,27)22-17)14-15-10-6-4-7-11-15/h4-13,17-18,22H,14H2,1-3H3/t17-,18+/m0/s1. The van der Waals surface area contributed by atoms with Crippen molar-refractivity contribution in [3.8, 4) is 0 Å². The van der Waals surface area contributed by atoms with Gasteiger partial charge in [0.2, 0.25) is 0 Å². The quantitative estimate of drug-likeness (QED) is 0.729. The second kappa shape index (κ2) is 8.45. The van der Waals surface area contributed by atoms with Gasteiger partial charge in [0, 0.05) is 0 Å². The Balaban J connectivity index is 1.89. The molecule has 9 heteroatoms. The van der Waals surface area contributed by atoms with Crippen LogP contribution in [0.15, 0.2) is 60.7 Å². The number of hydrogen-bond donors (Lipinski definition) is 1. The van der Waals surface area contributed by atoms with Gasteiger partial charge in [0.05, 0.1) is 6.54 Å². The topological polar surface area (TPSA) is 102 Å². The molecule has 1 heterocycles. The molecule has 0 aliphatic carbocycles. The van der Waals surface area contributed by atoms with Crippen molar-refractivity contribution in [2.24, 2.45) is 0 Å². The molecule has 1 N–H and O–H groups in total. The van der Waals surface area contributed by atoms with Crippen molar-refractivity contribution in [1.29, 1.82) is 0 Å². The third-order valence-corrected chi connectivity index (χ3v) is 5.73. The van der Waals surface area contributed by atoms with Gasteiger partial charge < -0.3 is 9.47 Å². The van der Waals surface area contributed by atoms with Gasteiger partial charge in [0.25, 0.3) is 5.91 Å². The predicted molar refractivity (Wildman–Crippen MR) is 109 cm³/mol. The van der Waals surface area contributed by atoms with E-state index < -0.39 is 40.0 Å². The summed E-state index contributed by atoms with van der Waals surface area (Å²) >= 11 is 0. The minimum atomic E-state index is -4.11. The lowest BCUT2D eigenvalue weighted by Crippen LogP contribution is -2.39. The maximum atomic E-state index is 13.1. The number of nitrogens with one attached hydrogen (secondary N) is 1. The molecule has 1 fully saturated rings. The average molecular weight is 432 g/mol. The summed E-state index contributed by atoms with van der Waals surface area (Å²) in [6.45, 7) is 4.91. The Morgan fingerprint density at radius 2 is 1.63 bits per heavy atom. The molecule has 0 spiro atoms. The molecule has 0 radical (unpaired) electrons. The van der Waals surface area contributed by atoms with E-state index >= 15 is 0 Å². The average Bonchev–Trinajstić information content (AvgIpc) is 2.90. The molecule has 0 aromatic heterocycles. The minimum Gasteiger partial charge on any atom is -0.429 e. The van der Waals surface area contributed by atoms with E-state index in [0.717, 1.165) is 4.31 Å². The highest BCUT2D eigenvalue weighted by atomic mass is 32.2. The molecule has 2 aromatic carbocycles. The number of ether oxygens (including phenoxy) is 2. The maximum absolute atomic E-state index is 13.1. The van der Waals surface area contributed by atoms with E-state index in [4.69, 9.17) is 9.47 Å². The van der Waals surface area contributed by atoms with Crippen LogP contribution in [0.5, 0.6) is 0 Å². The van der Waals surface area contributed by atoms with E-state index in [1.807, 2.05) is 0 Å². The number of hydrogen-bond acceptors (Lipinski definition) is 6. The number of carbonyl (C=O) groups is 2. The molecule has 3 rings (SSSR count). The molecular weight excluding hydrogens is 408 g/mol. The molecule has 8 nitrogen and oxygen atoms in total. The SMILES string of the molecule is CC(C)(C)OC(=O)O[C@H](c1ccccc1)[C@@H]1NS(=O)(=O)N(Cc2ccccc2)C1=O. The third kappa shape index (κ3) is 5.17. The summed E-state index contributed by atoms with van der Waals surface area (Å²) in [5, 5.41) is 0. The smallest absolute Gasteiger partial charge is 0.429 e. The van der Waals surface area contributed by atoms with Crippen molar-refractivity contribution >= 4 is 22.3 Å². The van der Waals surface area contributed by atoms with Crippen LogP contribution in [0.3, 0.4) is 0 Å². The monoisotopic (exact) mass is 432 g/mol. The van der Waals surface area contributed by atoms with E-state index in [2.05, 4.69) is 4.72 Å². The van der Waals surface area contributed by atoms with Gasteiger partial charge in [-0.05, 0) is 31.9 Å². The summed E-state index contributed by atoms with van der Waals surface area (Å²) < 4.78 is 39.0. The van der Waals surface area contributed by atoms with Crippen molar-refractivity contribution in [3.63, 3.8) is 0 Å². The number of benzene rings is 2. The lowest BCUT2D eigenvalue weighted by Gasteiger charge is -2.25. The fourth-order valence-electron chi connectivity index (χ4n) is 3.00. The van der Waals surface area contributed by atoms with E-state index in [1.165, 1.54) is 0 Å². The minimum absolute atomic E-state index is 0.126. The first-order chi connectivity index (χ1) is 14.1. The van der Waals surface area contributed by atoms with E-state index in [1.54, 1.807) is 81.4 Å². The summed E-state index contributed by atoms with van der Waals surface area (Å²) in [5.41, 5.74) is 0.309. The van der Waals surface area contributed by atoms with Crippen molar-refractivity contribution in [1.82, 2.24) is 9.03 Å². The number of nitrogens with zero attached hydrogens (tertiary/aromatic N) is 1. The van der Waals surface area contributed by atoms with Crippen LogP contribution in [0, 0.1) is 0 Å². The lowest BCUT2D eigenvalue weighted by molar-refractivity contribution is -0.130. The van der Waals surface area contributed by atoms with Gasteiger partial charge in [-0.2, -0.15) is 13.1 Å². The molecule has 2 atom stereocenters. The third-order valence-electron chi connectivity index (χ3n) is 4.29. The van der Waals surface area contributed by atoms with Crippen LogP contribution in [0.25, 0.3) is 0 Å². The van der Waals surface area contributed by atoms with Crippen molar-refractivity contribution < 1.29 is 27.5 Å². The first-order valence-electron chi connectivity index (χ1n) is 9.39. The summed E-state index contributed by atoms with van der Waals surface area (Å²) in [5.74, 6) is -0.712. The van der Waals surface area contributed by atoms with Gasteiger partial charge in [0.15, 0.2) is 6.10 Å². The van der Waals surface area contributed by atoms with Crippen LogP contribution >= 0.6 is 0 Å². The van der Waals surface area contributed by atoms with Crippen molar-refractivity contribution in [3.05, 3.63) is 71.8 Å². The van der Waals surface area contributed by atoms with Crippen LogP contribution in [0.4, 0.5) is 4.79 Å². The van der Waals surface area contributed by atoms with E-state index in [-0.39, 0.29) is 6.54 Å².